The minimum absolute atomic E-state index is 0.0467. The molecule has 0 spiro atoms. The van der Waals surface area contributed by atoms with Crippen molar-refractivity contribution in [1.82, 2.24) is 15.3 Å². The van der Waals surface area contributed by atoms with Crippen molar-refractivity contribution in [2.45, 2.75) is 50.4 Å². The van der Waals surface area contributed by atoms with Crippen LogP contribution in [0.3, 0.4) is 0 Å². The Labute approximate surface area is 164 Å². The van der Waals surface area contributed by atoms with Crippen molar-refractivity contribution in [2.75, 3.05) is 13.7 Å². The first kappa shape index (κ1) is 18.7. The largest absolute Gasteiger partial charge is 0.477 e. The molecule has 2 aliphatic rings. The number of ether oxygens (including phenoxy) is 3. The number of hydrogen-bond acceptors (Lipinski definition) is 6. The molecule has 1 saturated carbocycles. The SMILES string of the molecule is COc1nccnc1OC1CCC(NC(=O)C2OCCc3ccccc32)CC1. The van der Waals surface area contributed by atoms with E-state index in [1.54, 1.807) is 19.5 Å². The molecule has 0 saturated heterocycles. The van der Waals surface area contributed by atoms with Crippen LogP contribution in [-0.2, 0) is 16.0 Å². The van der Waals surface area contributed by atoms with Gasteiger partial charge in [-0.25, -0.2) is 9.97 Å². The van der Waals surface area contributed by atoms with E-state index in [1.165, 1.54) is 5.56 Å². The van der Waals surface area contributed by atoms with Crippen LogP contribution >= 0.6 is 0 Å². The zero-order valence-corrected chi connectivity index (χ0v) is 16.0. The van der Waals surface area contributed by atoms with Crippen LogP contribution < -0.4 is 14.8 Å². The fourth-order valence-electron chi connectivity index (χ4n) is 3.90. The molecule has 1 aromatic heterocycles. The predicted octanol–water partition coefficient (Wildman–Crippen LogP) is 2.61. The van der Waals surface area contributed by atoms with E-state index >= 15 is 0 Å². The lowest BCUT2D eigenvalue weighted by Crippen LogP contribution is -2.43. The number of carbonyl (C=O) groups is 1. The third-order valence-electron chi connectivity index (χ3n) is 5.36. The third-order valence-corrected chi connectivity index (χ3v) is 5.36. The van der Waals surface area contributed by atoms with Gasteiger partial charge in [0.15, 0.2) is 6.10 Å². The summed E-state index contributed by atoms with van der Waals surface area (Å²) in [4.78, 5) is 21.1. The van der Waals surface area contributed by atoms with Gasteiger partial charge >= 0.3 is 0 Å². The Hall–Kier alpha value is -2.67. The minimum Gasteiger partial charge on any atom is -0.477 e. The molecule has 1 amide bonds. The Kier molecular flexibility index (Phi) is 5.71. The second kappa shape index (κ2) is 8.56. The summed E-state index contributed by atoms with van der Waals surface area (Å²) in [7, 11) is 1.55. The molecular weight excluding hydrogens is 358 g/mol. The summed E-state index contributed by atoms with van der Waals surface area (Å²) >= 11 is 0. The van der Waals surface area contributed by atoms with Crippen molar-refractivity contribution in [2.24, 2.45) is 0 Å². The Morgan fingerprint density at radius 2 is 1.86 bits per heavy atom. The maximum Gasteiger partial charge on any atom is 0.278 e. The summed E-state index contributed by atoms with van der Waals surface area (Å²) in [6.07, 6.45) is 6.94. The average molecular weight is 383 g/mol. The van der Waals surface area contributed by atoms with Gasteiger partial charge < -0.3 is 19.5 Å². The van der Waals surface area contributed by atoms with Crippen molar-refractivity contribution < 1.29 is 19.0 Å². The lowest BCUT2D eigenvalue weighted by molar-refractivity contribution is -0.135. The van der Waals surface area contributed by atoms with Gasteiger partial charge in [-0.3, -0.25) is 4.79 Å². The highest BCUT2D eigenvalue weighted by molar-refractivity contribution is 5.83. The molecule has 4 rings (SSSR count). The Morgan fingerprint density at radius 1 is 1.11 bits per heavy atom. The molecule has 2 heterocycles. The standard InChI is InChI=1S/C21H25N3O4/c1-26-20-21(23-12-11-22-20)28-16-8-6-15(7-9-16)24-19(25)18-17-5-3-2-4-14(17)10-13-27-18/h2-5,11-12,15-16,18H,6-10,13H2,1H3,(H,24,25). The summed E-state index contributed by atoms with van der Waals surface area (Å²) in [5, 5.41) is 3.16. The van der Waals surface area contributed by atoms with Gasteiger partial charge in [-0.05, 0) is 43.2 Å². The number of methoxy groups -OCH3 is 1. The van der Waals surface area contributed by atoms with E-state index in [2.05, 4.69) is 21.4 Å². The minimum atomic E-state index is -0.511. The number of aromatic nitrogens is 2. The van der Waals surface area contributed by atoms with Gasteiger partial charge in [0.2, 0.25) is 0 Å². The van der Waals surface area contributed by atoms with E-state index in [4.69, 9.17) is 14.2 Å². The second-order valence-corrected chi connectivity index (χ2v) is 7.17. The Bertz CT molecular complexity index is 821. The summed E-state index contributed by atoms with van der Waals surface area (Å²) in [5.41, 5.74) is 2.18. The Balaban J connectivity index is 1.31. The van der Waals surface area contributed by atoms with Crippen LogP contribution in [0.1, 0.15) is 42.9 Å². The zero-order chi connectivity index (χ0) is 19.3. The molecule has 1 N–H and O–H groups in total. The normalized spacial score (nSPS) is 24.1. The third kappa shape index (κ3) is 4.09. The number of nitrogens with zero attached hydrogens (tertiary/aromatic N) is 2. The lowest BCUT2D eigenvalue weighted by Gasteiger charge is -2.31. The number of amides is 1. The molecule has 1 unspecified atom stereocenters. The first-order valence-corrected chi connectivity index (χ1v) is 9.76. The number of fused-ring (bicyclic) bond motifs is 1. The Morgan fingerprint density at radius 3 is 2.64 bits per heavy atom. The topological polar surface area (TPSA) is 82.6 Å². The number of nitrogens with one attached hydrogen (secondary N) is 1. The molecule has 7 heteroatoms. The van der Waals surface area contributed by atoms with Crippen molar-refractivity contribution in [3.05, 3.63) is 47.8 Å². The van der Waals surface area contributed by atoms with E-state index in [-0.39, 0.29) is 18.1 Å². The summed E-state index contributed by atoms with van der Waals surface area (Å²) in [6, 6.07) is 8.15. The fraction of sp³-hybridized carbons (Fsp3) is 0.476. The van der Waals surface area contributed by atoms with E-state index in [9.17, 15) is 4.79 Å². The number of benzene rings is 1. The monoisotopic (exact) mass is 383 g/mol. The summed E-state index contributed by atoms with van der Waals surface area (Å²) in [5.74, 6) is 0.767. The maximum absolute atomic E-state index is 12.8. The van der Waals surface area contributed by atoms with Crippen molar-refractivity contribution in [3.8, 4) is 11.8 Å². The summed E-state index contributed by atoms with van der Waals surface area (Å²) < 4.78 is 16.9. The molecule has 0 radical (unpaired) electrons. The quantitative estimate of drug-likeness (QED) is 0.855. The molecule has 7 nitrogen and oxygen atoms in total. The first-order valence-electron chi connectivity index (χ1n) is 9.76. The molecule has 0 bridgehead atoms. The molecule has 1 aliphatic heterocycles. The predicted molar refractivity (Wildman–Crippen MR) is 102 cm³/mol. The highest BCUT2D eigenvalue weighted by Gasteiger charge is 2.30. The molecule has 1 fully saturated rings. The van der Waals surface area contributed by atoms with Gasteiger partial charge in [-0.2, -0.15) is 0 Å². The molecule has 1 aliphatic carbocycles. The highest BCUT2D eigenvalue weighted by atomic mass is 16.5. The van der Waals surface area contributed by atoms with Gasteiger partial charge in [0.1, 0.15) is 6.10 Å². The van der Waals surface area contributed by atoms with Crippen LogP contribution in [0.4, 0.5) is 0 Å². The van der Waals surface area contributed by atoms with Gasteiger partial charge in [0.05, 0.1) is 13.7 Å². The smallest absolute Gasteiger partial charge is 0.278 e. The van der Waals surface area contributed by atoms with Gasteiger partial charge in [0.25, 0.3) is 17.7 Å². The zero-order valence-electron chi connectivity index (χ0n) is 16.0. The van der Waals surface area contributed by atoms with Crippen molar-refractivity contribution in [1.29, 1.82) is 0 Å². The van der Waals surface area contributed by atoms with Crippen molar-refractivity contribution in [3.63, 3.8) is 0 Å². The maximum atomic E-state index is 12.8. The number of carbonyl (C=O) groups excluding carboxylic acids is 1. The van der Waals surface area contributed by atoms with E-state index in [1.807, 2.05) is 18.2 Å². The number of hydrogen-bond donors (Lipinski definition) is 1. The second-order valence-electron chi connectivity index (χ2n) is 7.17. The molecule has 1 aromatic carbocycles. The average Bonchev–Trinajstić information content (AvgIpc) is 2.75. The molecular formula is C21H25N3O4. The fourth-order valence-corrected chi connectivity index (χ4v) is 3.90. The van der Waals surface area contributed by atoms with Crippen LogP contribution in [-0.4, -0.2) is 41.7 Å². The van der Waals surface area contributed by atoms with Gasteiger partial charge in [-0.15, -0.1) is 0 Å². The van der Waals surface area contributed by atoms with Crippen molar-refractivity contribution >= 4 is 5.91 Å². The molecule has 148 valence electrons. The van der Waals surface area contributed by atoms with Gasteiger partial charge in [-0.1, -0.05) is 24.3 Å². The lowest BCUT2D eigenvalue weighted by atomic mass is 9.92. The highest BCUT2D eigenvalue weighted by Crippen LogP contribution is 2.29. The van der Waals surface area contributed by atoms with Crippen LogP contribution in [0, 0.1) is 0 Å². The number of rotatable bonds is 5. The van der Waals surface area contributed by atoms with Crippen LogP contribution in [0.2, 0.25) is 0 Å². The van der Waals surface area contributed by atoms with Crippen LogP contribution in [0.25, 0.3) is 0 Å². The van der Waals surface area contributed by atoms with Crippen LogP contribution in [0.15, 0.2) is 36.7 Å². The molecule has 28 heavy (non-hydrogen) atoms. The van der Waals surface area contributed by atoms with E-state index in [0.29, 0.717) is 18.4 Å². The van der Waals surface area contributed by atoms with E-state index in [0.717, 1.165) is 37.7 Å². The molecule has 1 atom stereocenters. The molecule has 2 aromatic rings. The van der Waals surface area contributed by atoms with Gasteiger partial charge in [0, 0.05) is 18.4 Å². The van der Waals surface area contributed by atoms with E-state index < -0.39 is 6.10 Å². The first-order chi connectivity index (χ1) is 13.7. The summed E-state index contributed by atoms with van der Waals surface area (Å²) in [6.45, 7) is 0.579. The van der Waals surface area contributed by atoms with Crippen LogP contribution in [0.5, 0.6) is 11.8 Å².